The third-order valence-electron chi connectivity index (χ3n) is 3.95. The molecule has 0 aliphatic carbocycles. The van der Waals surface area contributed by atoms with Gasteiger partial charge in [0.15, 0.2) is 6.61 Å². The van der Waals surface area contributed by atoms with E-state index in [-0.39, 0.29) is 5.88 Å². The Morgan fingerprint density at radius 3 is 2.55 bits per heavy atom. The number of alkyl halides is 2. The molecule has 0 aromatic carbocycles. The first kappa shape index (κ1) is 24.4. The lowest BCUT2D eigenvalue weighted by atomic mass is 10.0. The van der Waals surface area contributed by atoms with Crippen LogP contribution in [0.2, 0.25) is 0 Å². The number of carbonyl (C=O) groups excluding carboxylic acids is 1. The Bertz CT molecular complexity index is 752. The molecule has 0 unspecified atom stereocenters. The minimum atomic E-state index is -2.45. The monoisotopic (exact) mass is 409 g/mol. The molecule has 0 bridgehead atoms. The highest BCUT2D eigenvalue weighted by Gasteiger charge is 2.17. The summed E-state index contributed by atoms with van der Waals surface area (Å²) in [7, 11) is 0. The molecule has 0 spiro atoms. The molecule has 2 rings (SSSR count). The zero-order chi connectivity index (χ0) is 21.9. The zero-order valence-corrected chi connectivity index (χ0v) is 17.3. The molecular formula is C21H29F2N3O3. The summed E-state index contributed by atoms with van der Waals surface area (Å²) in [6.07, 6.45) is 0.607. The second-order valence-corrected chi connectivity index (χ2v) is 6.88. The fourth-order valence-corrected chi connectivity index (χ4v) is 2.27. The molecule has 0 saturated carbocycles. The molecule has 2 aromatic rings. The van der Waals surface area contributed by atoms with E-state index in [0.29, 0.717) is 25.2 Å². The first-order valence-corrected chi connectivity index (χ1v) is 9.38. The molecule has 29 heavy (non-hydrogen) atoms. The second-order valence-electron chi connectivity index (χ2n) is 6.88. The van der Waals surface area contributed by atoms with E-state index in [0.717, 1.165) is 17.7 Å². The Morgan fingerprint density at radius 2 is 2.00 bits per heavy atom. The van der Waals surface area contributed by atoms with Crippen molar-refractivity contribution >= 4 is 6.41 Å². The molecule has 160 valence electrons. The van der Waals surface area contributed by atoms with Crippen LogP contribution in [0.3, 0.4) is 0 Å². The van der Waals surface area contributed by atoms with Gasteiger partial charge in [0.2, 0.25) is 12.3 Å². The van der Waals surface area contributed by atoms with E-state index < -0.39 is 18.6 Å². The third kappa shape index (κ3) is 9.43. The van der Waals surface area contributed by atoms with E-state index in [4.69, 9.17) is 4.74 Å². The lowest BCUT2D eigenvalue weighted by Gasteiger charge is -2.18. The van der Waals surface area contributed by atoms with Gasteiger partial charge in [0.25, 0.3) is 6.43 Å². The fraction of sp³-hybridized carbons (Fsp3) is 0.476. The van der Waals surface area contributed by atoms with Crippen LogP contribution in [0.1, 0.15) is 37.7 Å². The number of carbonyl (C=O) groups is 1. The van der Waals surface area contributed by atoms with Crippen molar-refractivity contribution in [1.82, 2.24) is 14.9 Å². The molecule has 8 heteroatoms. The van der Waals surface area contributed by atoms with Crippen molar-refractivity contribution in [2.75, 3.05) is 19.7 Å². The molecule has 0 atom stereocenters. The Hall–Kier alpha value is -2.61. The van der Waals surface area contributed by atoms with E-state index >= 15 is 0 Å². The molecule has 0 aliphatic rings. The smallest absolute Gasteiger partial charge is 0.272 e. The summed E-state index contributed by atoms with van der Waals surface area (Å²) in [6.45, 7) is 7.88. The maximum absolute atomic E-state index is 11.7. The number of aryl methyl sites for hydroxylation is 1. The van der Waals surface area contributed by atoms with Gasteiger partial charge in [0, 0.05) is 37.0 Å². The van der Waals surface area contributed by atoms with Gasteiger partial charge in [-0.2, -0.15) is 0 Å². The maximum Gasteiger partial charge on any atom is 0.272 e. The average molecular weight is 409 g/mol. The third-order valence-corrected chi connectivity index (χ3v) is 3.95. The van der Waals surface area contributed by atoms with Crippen LogP contribution < -0.4 is 4.74 Å². The van der Waals surface area contributed by atoms with E-state index in [2.05, 4.69) is 9.97 Å². The van der Waals surface area contributed by atoms with Gasteiger partial charge in [-0.3, -0.25) is 9.78 Å². The first-order valence-electron chi connectivity index (χ1n) is 9.38. The fourth-order valence-electron chi connectivity index (χ4n) is 2.27. The largest absolute Gasteiger partial charge is 0.471 e. The van der Waals surface area contributed by atoms with E-state index in [1.54, 1.807) is 43.9 Å². The highest BCUT2D eigenvalue weighted by molar-refractivity contribution is 5.46. The van der Waals surface area contributed by atoms with Crippen LogP contribution >= 0.6 is 0 Å². The summed E-state index contributed by atoms with van der Waals surface area (Å²) in [5.74, 6) is 0.276. The van der Waals surface area contributed by atoms with Crippen LogP contribution in [0, 0.1) is 6.92 Å². The van der Waals surface area contributed by atoms with Crippen molar-refractivity contribution in [2.24, 2.45) is 0 Å². The number of hydrogen-bond donors (Lipinski definition) is 1. The lowest BCUT2D eigenvalue weighted by Crippen LogP contribution is -2.24. The summed E-state index contributed by atoms with van der Waals surface area (Å²) in [6, 6.07) is 9.08. The molecule has 0 aliphatic heterocycles. The maximum atomic E-state index is 11.7. The Morgan fingerprint density at radius 1 is 1.28 bits per heavy atom. The van der Waals surface area contributed by atoms with Gasteiger partial charge < -0.3 is 14.7 Å². The van der Waals surface area contributed by atoms with Crippen molar-refractivity contribution in [3.63, 3.8) is 0 Å². The summed E-state index contributed by atoms with van der Waals surface area (Å²) in [5.41, 5.74) is 1.39. The molecule has 0 radical (unpaired) electrons. The van der Waals surface area contributed by atoms with Crippen molar-refractivity contribution in [3.05, 3.63) is 53.5 Å². The molecular weight excluding hydrogens is 380 g/mol. The Balaban J connectivity index is 0.000000308. The number of hydrogen-bond acceptors (Lipinski definition) is 5. The SMILES string of the molecule is CCN(C=O)CCc1cccc(C(C)(C)O)n1.Cc1cccnc1OCC(F)F. The van der Waals surface area contributed by atoms with E-state index in [1.165, 1.54) is 6.20 Å². The molecule has 2 heterocycles. The van der Waals surface area contributed by atoms with Gasteiger partial charge in [-0.05, 0) is 45.9 Å². The van der Waals surface area contributed by atoms with Crippen LogP contribution in [-0.2, 0) is 16.8 Å². The highest BCUT2D eigenvalue weighted by Crippen LogP contribution is 2.17. The van der Waals surface area contributed by atoms with Crippen LogP contribution in [0.5, 0.6) is 5.88 Å². The summed E-state index contributed by atoms with van der Waals surface area (Å²) < 4.78 is 28.1. The molecule has 1 amide bonds. The number of amides is 1. The average Bonchev–Trinajstić information content (AvgIpc) is 2.68. The van der Waals surface area contributed by atoms with Gasteiger partial charge in [0.1, 0.15) is 5.60 Å². The van der Waals surface area contributed by atoms with Crippen molar-refractivity contribution < 1.29 is 23.4 Å². The van der Waals surface area contributed by atoms with Crippen LogP contribution in [-0.4, -0.2) is 52.5 Å². The molecule has 0 saturated heterocycles. The normalized spacial score (nSPS) is 10.9. The van der Waals surface area contributed by atoms with Gasteiger partial charge in [-0.1, -0.05) is 12.1 Å². The topological polar surface area (TPSA) is 75.6 Å². The first-order chi connectivity index (χ1) is 13.7. The number of aromatic nitrogens is 2. The number of nitrogens with zero attached hydrogens (tertiary/aromatic N) is 3. The summed E-state index contributed by atoms with van der Waals surface area (Å²) in [5, 5.41) is 9.85. The summed E-state index contributed by atoms with van der Waals surface area (Å²) >= 11 is 0. The second kappa shape index (κ2) is 12.1. The number of pyridine rings is 2. The minimum Gasteiger partial charge on any atom is -0.471 e. The Labute approximate surface area is 170 Å². The van der Waals surface area contributed by atoms with Crippen molar-refractivity contribution in [1.29, 1.82) is 0 Å². The van der Waals surface area contributed by atoms with Gasteiger partial charge >= 0.3 is 0 Å². The predicted molar refractivity (Wildman–Crippen MR) is 107 cm³/mol. The molecule has 6 nitrogen and oxygen atoms in total. The number of ether oxygens (including phenoxy) is 1. The van der Waals surface area contributed by atoms with Crippen molar-refractivity contribution in [3.8, 4) is 5.88 Å². The van der Waals surface area contributed by atoms with E-state index in [1.807, 2.05) is 19.1 Å². The lowest BCUT2D eigenvalue weighted by molar-refractivity contribution is -0.117. The minimum absolute atomic E-state index is 0.276. The highest BCUT2D eigenvalue weighted by atomic mass is 19.3. The number of likely N-dealkylation sites (N-methyl/N-ethyl adjacent to an activating group) is 1. The van der Waals surface area contributed by atoms with Crippen LogP contribution in [0.15, 0.2) is 36.5 Å². The van der Waals surface area contributed by atoms with Gasteiger partial charge in [0.05, 0.1) is 5.69 Å². The standard InChI is InChI=1S/C13H20N2O2.C8H9F2NO/c1-4-15(10-16)9-8-11-6-5-7-12(14-11)13(2,3)17;1-6-3-2-4-11-8(6)12-5-7(9)10/h5-7,10,17H,4,8-9H2,1-3H3;2-4,7H,5H2,1H3. The van der Waals surface area contributed by atoms with Crippen molar-refractivity contribution in [2.45, 2.75) is 46.1 Å². The predicted octanol–water partition coefficient (Wildman–Crippen LogP) is 3.36. The number of aliphatic hydroxyl groups is 1. The van der Waals surface area contributed by atoms with E-state index in [9.17, 15) is 18.7 Å². The van der Waals surface area contributed by atoms with Gasteiger partial charge in [-0.25, -0.2) is 13.8 Å². The molecule has 1 N–H and O–H groups in total. The van der Waals surface area contributed by atoms with Crippen LogP contribution in [0.4, 0.5) is 8.78 Å². The molecule has 2 aromatic heterocycles. The quantitative estimate of drug-likeness (QED) is 0.643. The molecule has 0 fully saturated rings. The zero-order valence-electron chi connectivity index (χ0n) is 17.3. The summed E-state index contributed by atoms with van der Waals surface area (Å²) in [4.78, 5) is 20.5. The van der Waals surface area contributed by atoms with Gasteiger partial charge in [-0.15, -0.1) is 0 Å². The number of halogens is 2. The Kier molecular flexibility index (Phi) is 10.2. The number of rotatable bonds is 9. The van der Waals surface area contributed by atoms with Crippen LogP contribution in [0.25, 0.3) is 0 Å².